The van der Waals surface area contributed by atoms with Crippen molar-refractivity contribution in [2.75, 3.05) is 0 Å². The molecular weight excluding hydrogens is 431 g/mol. The van der Waals surface area contributed by atoms with Gasteiger partial charge in [-0.25, -0.2) is 9.37 Å². The van der Waals surface area contributed by atoms with E-state index in [4.69, 9.17) is 16.1 Å². The molecule has 0 spiro atoms. The molecule has 1 N–H and O–H groups in total. The van der Waals surface area contributed by atoms with E-state index in [1.165, 1.54) is 18.3 Å². The van der Waals surface area contributed by atoms with Crippen LogP contribution in [0.5, 0.6) is 0 Å². The summed E-state index contributed by atoms with van der Waals surface area (Å²) in [6.07, 6.45) is 1.53. The predicted molar refractivity (Wildman–Crippen MR) is 116 cm³/mol. The van der Waals surface area contributed by atoms with Crippen molar-refractivity contribution in [3.05, 3.63) is 83.4 Å². The van der Waals surface area contributed by atoms with E-state index < -0.39 is 5.82 Å². The Morgan fingerprint density at radius 3 is 2.53 bits per heavy atom. The maximum absolute atomic E-state index is 14.3. The van der Waals surface area contributed by atoms with Gasteiger partial charge in [0.15, 0.2) is 0 Å². The standard InChI is InChI=1S/C23H12ClFN6O/c24-15-7-4-8-16(25)19(15)22-28-18(11-26)20(29-22)14-9-10-17(27-12-14)23-30-21(31-32-23)13-5-2-1-3-6-13/h1-10,12H,(H,28,29). The van der Waals surface area contributed by atoms with Crippen LogP contribution < -0.4 is 0 Å². The normalized spacial score (nSPS) is 10.8. The minimum Gasteiger partial charge on any atom is -0.332 e. The SMILES string of the molecule is N#Cc1[nH]c(-c2c(F)cccc2Cl)nc1-c1ccc(-c2nc(-c3ccccc3)no2)nc1. The van der Waals surface area contributed by atoms with Crippen LogP contribution in [0.4, 0.5) is 4.39 Å². The van der Waals surface area contributed by atoms with Crippen LogP contribution in [0.15, 0.2) is 71.4 Å². The van der Waals surface area contributed by atoms with Gasteiger partial charge in [-0.2, -0.15) is 10.2 Å². The van der Waals surface area contributed by atoms with Crippen molar-refractivity contribution >= 4 is 11.6 Å². The number of aromatic amines is 1. The van der Waals surface area contributed by atoms with Crippen LogP contribution in [0.2, 0.25) is 5.02 Å². The summed E-state index contributed by atoms with van der Waals surface area (Å²) in [7, 11) is 0. The van der Waals surface area contributed by atoms with Crippen LogP contribution in [0, 0.1) is 17.1 Å². The van der Waals surface area contributed by atoms with Gasteiger partial charge in [0.25, 0.3) is 5.89 Å². The summed E-state index contributed by atoms with van der Waals surface area (Å²) in [4.78, 5) is 16.0. The summed E-state index contributed by atoms with van der Waals surface area (Å²) < 4.78 is 19.6. The predicted octanol–water partition coefficient (Wildman–Crippen LogP) is 5.52. The number of aromatic nitrogens is 5. The molecule has 0 bridgehead atoms. The van der Waals surface area contributed by atoms with Crippen LogP contribution in [0.3, 0.4) is 0 Å². The topological polar surface area (TPSA) is 104 Å². The Morgan fingerprint density at radius 1 is 0.969 bits per heavy atom. The van der Waals surface area contributed by atoms with Crippen molar-refractivity contribution in [1.82, 2.24) is 25.1 Å². The van der Waals surface area contributed by atoms with Crippen LogP contribution in [0.25, 0.3) is 45.6 Å². The molecule has 154 valence electrons. The summed E-state index contributed by atoms with van der Waals surface area (Å²) in [6.45, 7) is 0. The van der Waals surface area contributed by atoms with E-state index in [-0.39, 0.29) is 28.0 Å². The van der Waals surface area contributed by atoms with Crippen molar-refractivity contribution in [1.29, 1.82) is 5.26 Å². The zero-order valence-electron chi connectivity index (χ0n) is 16.3. The fraction of sp³-hybridized carbons (Fsp3) is 0. The smallest absolute Gasteiger partial charge is 0.276 e. The highest BCUT2D eigenvalue weighted by molar-refractivity contribution is 6.33. The number of pyridine rings is 1. The first-order valence-electron chi connectivity index (χ1n) is 9.44. The molecule has 2 aromatic carbocycles. The number of benzene rings is 2. The quantitative estimate of drug-likeness (QED) is 0.393. The molecule has 0 aliphatic rings. The molecule has 0 aliphatic carbocycles. The number of hydrogen-bond acceptors (Lipinski definition) is 6. The third-order valence-corrected chi connectivity index (χ3v) is 5.04. The third kappa shape index (κ3) is 3.51. The van der Waals surface area contributed by atoms with Gasteiger partial charge in [0.05, 0.1) is 10.6 Å². The molecule has 0 aliphatic heterocycles. The highest BCUT2D eigenvalue weighted by Crippen LogP contribution is 2.32. The lowest BCUT2D eigenvalue weighted by molar-refractivity contribution is 0.431. The molecule has 32 heavy (non-hydrogen) atoms. The summed E-state index contributed by atoms with van der Waals surface area (Å²) in [6, 6.07) is 19.2. The first-order valence-corrected chi connectivity index (χ1v) is 9.82. The zero-order chi connectivity index (χ0) is 22.1. The fourth-order valence-electron chi connectivity index (χ4n) is 3.20. The van der Waals surface area contributed by atoms with E-state index in [1.54, 1.807) is 18.2 Å². The van der Waals surface area contributed by atoms with Crippen molar-refractivity contribution in [3.63, 3.8) is 0 Å². The summed E-state index contributed by atoms with van der Waals surface area (Å²) in [5.74, 6) is 0.336. The Bertz CT molecular complexity index is 1430. The molecule has 5 rings (SSSR count). The number of nitrogens with zero attached hydrogens (tertiary/aromatic N) is 5. The summed E-state index contributed by atoms with van der Waals surface area (Å²) in [5, 5.41) is 13.7. The molecule has 7 nitrogen and oxygen atoms in total. The van der Waals surface area contributed by atoms with Crippen LogP contribution >= 0.6 is 11.6 Å². The van der Waals surface area contributed by atoms with Gasteiger partial charge < -0.3 is 9.51 Å². The molecule has 9 heteroatoms. The largest absolute Gasteiger partial charge is 0.332 e. The Labute approximate surface area is 186 Å². The first-order chi connectivity index (χ1) is 15.6. The van der Waals surface area contributed by atoms with Gasteiger partial charge in [-0.05, 0) is 24.3 Å². The maximum Gasteiger partial charge on any atom is 0.276 e. The molecule has 0 amide bonds. The Kier molecular flexibility index (Phi) is 4.94. The number of halogens is 2. The molecular formula is C23H12ClFN6O. The summed E-state index contributed by atoms with van der Waals surface area (Å²) in [5.41, 5.74) is 2.45. The fourth-order valence-corrected chi connectivity index (χ4v) is 3.45. The molecule has 0 atom stereocenters. The minimum absolute atomic E-state index is 0.0980. The molecule has 0 saturated heterocycles. The monoisotopic (exact) mass is 442 g/mol. The average Bonchev–Trinajstić information content (AvgIpc) is 3.48. The van der Waals surface area contributed by atoms with Gasteiger partial charge in [0.2, 0.25) is 5.82 Å². The second kappa shape index (κ2) is 8.06. The third-order valence-electron chi connectivity index (χ3n) is 4.73. The molecule has 5 aromatic rings. The highest BCUT2D eigenvalue weighted by atomic mass is 35.5. The maximum atomic E-state index is 14.3. The number of hydrogen-bond donors (Lipinski definition) is 1. The first kappa shape index (κ1) is 19.6. The summed E-state index contributed by atoms with van der Waals surface area (Å²) >= 11 is 6.13. The van der Waals surface area contributed by atoms with E-state index in [1.807, 2.05) is 36.4 Å². The van der Waals surface area contributed by atoms with E-state index in [0.29, 0.717) is 22.8 Å². The Hall–Kier alpha value is -4.35. The molecule has 3 aromatic heterocycles. The van der Waals surface area contributed by atoms with Crippen LogP contribution in [-0.4, -0.2) is 25.1 Å². The van der Waals surface area contributed by atoms with E-state index in [2.05, 4.69) is 25.1 Å². The number of rotatable bonds is 4. The zero-order valence-corrected chi connectivity index (χ0v) is 17.0. The van der Waals surface area contributed by atoms with E-state index in [9.17, 15) is 9.65 Å². The van der Waals surface area contributed by atoms with Crippen molar-refractivity contribution in [3.8, 4) is 51.7 Å². The van der Waals surface area contributed by atoms with Gasteiger partial charge in [-0.3, -0.25) is 4.98 Å². The molecule has 3 heterocycles. The lowest BCUT2D eigenvalue weighted by Crippen LogP contribution is -1.89. The molecule has 0 radical (unpaired) electrons. The molecule has 0 fully saturated rings. The van der Waals surface area contributed by atoms with Gasteiger partial charge in [0.1, 0.15) is 34.8 Å². The lowest BCUT2D eigenvalue weighted by atomic mass is 10.1. The number of H-pyrrole nitrogens is 1. The van der Waals surface area contributed by atoms with Gasteiger partial charge in [0, 0.05) is 17.3 Å². The van der Waals surface area contributed by atoms with Crippen LogP contribution in [-0.2, 0) is 0 Å². The van der Waals surface area contributed by atoms with E-state index in [0.717, 1.165) is 5.56 Å². The second-order valence-corrected chi connectivity index (χ2v) is 7.15. The number of nitriles is 1. The average molecular weight is 443 g/mol. The van der Waals surface area contributed by atoms with Gasteiger partial charge >= 0.3 is 0 Å². The van der Waals surface area contributed by atoms with Gasteiger partial charge in [-0.1, -0.05) is 53.2 Å². The Balaban J connectivity index is 1.48. The molecule has 0 saturated carbocycles. The number of imidazole rings is 1. The lowest BCUT2D eigenvalue weighted by Gasteiger charge is -2.01. The number of nitrogens with one attached hydrogen (secondary N) is 1. The van der Waals surface area contributed by atoms with Crippen molar-refractivity contribution in [2.45, 2.75) is 0 Å². The van der Waals surface area contributed by atoms with Crippen molar-refractivity contribution in [2.24, 2.45) is 0 Å². The van der Waals surface area contributed by atoms with Gasteiger partial charge in [-0.15, -0.1) is 0 Å². The Morgan fingerprint density at radius 2 is 1.81 bits per heavy atom. The highest BCUT2D eigenvalue weighted by Gasteiger charge is 2.19. The molecule has 0 unspecified atom stereocenters. The van der Waals surface area contributed by atoms with Crippen LogP contribution in [0.1, 0.15) is 5.69 Å². The minimum atomic E-state index is -0.540. The second-order valence-electron chi connectivity index (χ2n) is 6.74. The van der Waals surface area contributed by atoms with E-state index >= 15 is 0 Å². The van der Waals surface area contributed by atoms with Crippen molar-refractivity contribution < 1.29 is 8.91 Å².